The van der Waals surface area contributed by atoms with Crippen LogP contribution in [0.5, 0.6) is 0 Å². The maximum Gasteiger partial charge on any atom is 0.0435 e. The molecule has 2 aromatic rings. The summed E-state index contributed by atoms with van der Waals surface area (Å²) < 4.78 is 0. The predicted octanol–water partition coefficient (Wildman–Crippen LogP) is 3.41. The van der Waals surface area contributed by atoms with Gasteiger partial charge in [-0.3, -0.25) is 4.98 Å². The van der Waals surface area contributed by atoms with Crippen LogP contribution < -0.4 is 15.5 Å². The number of hydrogen-bond acceptors (Lipinski definition) is 5. The minimum atomic E-state index is 0.546. The maximum atomic E-state index is 4.32. The van der Waals surface area contributed by atoms with Gasteiger partial charge in [-0.1, -0.05) is 18.2 Å². The van der Waals surface area contributed by atoms with Crippen molar-refractivity contribution >= 4 is 5.69 Å². The molecule has 0 spiro atoms. The van der Waals surface area contributed by atoms with Gasteiger partial charge in [0.15, 0.2) is 0 Å². The minimum absolute atomic E-state index is 0.546. The Morgan fingerprint density at radius 2 is 1.88 bits per heavy atom. The molecule has 1 aromatic carbocycles. The minimum Gasteiger partial charge on any atom is -0.371 e. The zero-order valence-electron chi connectivity index (χ0n) is 20.2. The summed E-state index contributed by atoms with van der Waals surface area (Å²) in [7, 11) is 6.56. The van der Waals surface area contributed by atoms with Gasteiger partial charge in [0, 0.05) is 49.8 Å². The van der Waals surface area contributed by atoms with Crippen molar-refractivity contribution in [1.29, 1.82) is 0 Å². The first kappa shape index (κ1) is 23.2. The average Bonchev–Trinajstić information content (AvgIpc) is 2.84. The zero-order valence-corrected chi connectivity index (χ0v) is 20.2. The molecule has 0 amide bonds. The first-order valence-corrected chi connectivity index (χ1v) is 12.5. The SMILES string of the molecule is CNC[C@@H]1Cc2c(cccc2N(C)C2CCN(C)CC2)CN1.c1cnc2c(c1)CCCC2. The van der Waals surface area contributed by atoms with Gasteiger partial charge in [0.1, 0.15) is 0 Å². The molecule has 0 saturated carbocycles. The van der Waals surface area contributed by atoms with E-state index in [1.165, 1.54) is 74.1 Å². The van der Waals surface area contributed by atoms with Gasteiger partial charge in [-0.2, -0.15) is 0 Å². The standard InChI is InChI=1S/C18H30N4.C9H11N/c1-19-13-15-11-17-14(12-20-15)5-4-6-18(17)22(3)16-7-9-21(2)10-8-16;1-2-6-9-8(4-1)5-3-7-10-9/h4-6,15-16,19-20H,7-13H2,1-3H3;3,5,7H,1-2,4,6H2/t15-;/m0./s1. The molecular formula is C27H41N5. The number of likely N-dealkylation sites (tertiary alicyclic amines) is 1. The van der Waals surface area contributed by atoms with Crippen molar-refractivity contribution < 1.29 is 0 Å². The number of nitrogens with one attached hydrogen (secondary N) is 2. The molecular weight excluding hydrogens is 394 g/mol. The molecule has 0 unspecified atom stereocenters. The second-order valence-corrected chi connectivity index (χ2v) is 9.72. The van der Waals surface area contributed by atoms with Gasteiger partial charge in [0.25, 0.3) is 0 Å². The van der Waals surface area contributed by atoms with Crippen LogP contribution in [0.2, 0.25) is 0 Å². The first-order valence-electron chi connectivity index (χ1n) is 12.5. The van der Waals surface area contributed by atoms with E-state index >= 15 is 0 Å². The second kappa shape index (κ2) is 11.3. The van der Waals surface area contributed by atoms with Gasteiger partial charge < -0.3 is 20.4 Å². The van der Waals surface area contributed by atoms with Crippen molar-refractivity contribution in [3.63, 3.8) is 0 Å². The molecule has 2 N–H and O–H groups in total. The van der Waals surface area contributed by atoms with E-state index in [1.54, 1.807) is 5.56 Å². The highest BCUT2D eigenvalue weighted by molar-refractivity contribution is 5.58. The number of likely N-dealkylation sites (N-methyl/N-ethyl adjacent to an activating group) is 1. The molecule has 3 aliphatic rings. The van der Waals surface area contributed by atoms with Crippen LogP contribution in [0.3, 0.4) is 0 Å². The van der Waals surface area contributed by atoms with Gasteiger partial charge in [0.2, 0.25) is 0 Å². The van der Waals surface area contributed by atoms with Crippen molar-refractivity contribution in [1.82, 2.24) is 20.5 Å². The van der Waals surface area contributed by atoms with Gasteiger partial charge >= 0.3 is 0 Å². The zero-order chi connectivity index (χ0) is 22.3. The Bertz CT molecular complexity index is 834. The van der Waals surface area contributed by atoms with Crippen LogP contribution in [0.15, 0.2) is 36.5 Å². The van der Waals surface area contributed by atoms with E-state index in [0.717, 1.165) is 19.5 Å². The highest BCUT2D eigenvalue weighted by Crippen LogP contribution is 2.30. The van der Waals surface area contributed by atoms with E-state index in [1.807, 2.05) is 19.3 Å². The molecule has 174 valence electrons. The third-order valence-electron chi connectivity index (χ3n) is 7.44. The number of rotatable bonds is 4. The number of fused-ring (bicyclic) bond motifs is 2. The third kappa shape index (κ3) is 5.69. The van der Waals surface area contributed by atoms with E-state index in [0.29, 0.717) is 12.1 Å². The first-order chi connectivity index (χ1) is 15.7. The molecule has 1 fully saturated rings. The fourth-order valence-electron chi connectivity index (χ4n) is 5.43. The summed E-state index contributed by atoms with van der Waals surface area (Å²) in [5.41, 5.74) is 7.28. The van der Waals surface area contributed by atoms with Crippen molar-refractivity contribution in [2.45, 2.75) is 63.6 Å². The summed E-state index contributed by atoms with van der Waals surface area (Å²) in [5.74, 6) is 0. The lowest BCUT2D eigenvalue weighted by molar-refractivity contribution is 0.252. The fraction of sp³-hybridized carbons (Fsp3) is 0.593. The Kier molecular flexibility index (Phi) is 8.17. The fourth-order valence-corrected chi connectivity index (χ4v) is 5.43. The van der Waals surface area contributed by atoms with Crippen molar-refractivity contribution in [2.75, 3.05) is 45.7 Å². The molecule has 0 bridgehead atoms. The molecule has 5 heteroatoms. The van der Waals surface area contributed by atoms with E-state index in [4.69, 9.17) is 0 Å². The number of hydrogen-bond donors (Lipinski definition) is 2. The largest absolute Gasteiger partial charge is 0.371 e. The van der Waals surface area contributed by atoms with Gasteiger partial charge in [-0.05, 0) is 101 Å². The Morgan fingerprint density at radius 1 is 1.09 bits per heavy atom. The second-order valence-electron chi connectivity index (χ2n) is 9.72. The van der Waals surface area contributed by atoms with Gasteiger partial charge in [-0.25, -0.2) is 0 Å². The molecule has 0 radical (unpaired) electrons. The Labute approximate surface area is 194 Å². The van der Waals surface area contributed by atoms with E-state index in [9.17, 15) is 0 Å². The average molecular weight is 436 g/mol. The number of nitrogens with zero attached hydrogens (tertiary/aromatic N) is 3. The molecule has 5 rings (SSSR count). The Balaban J connectivity index is 0.000000203. The van der Waals surface area contributed by atoms with Crippen LogP contribution in [-0.4, -0.2) is 62.7 Å². The van der Waals surface area contributed by atoms with Crippen LogP contribution in [0, 0.1) is 0 Å². The number of anilines is 1. The summed E-state index contributed by atoms with van der Waals surface area (Å²) in [6.45, 7) is 4.46. The predicted molar refractivity (Wildman–Crippen MR) is 135 cm³/mol. The normalized spacial score (nSPS) is 21.2. The summed E-state index contributed by atoms with van der Waals surface area (Å²) in [6.07, 6.45) is 10.7. The summed E-state index contributed by atoms with van der Waals surface area (Å²) in [4.78, 5) is 9.31. The number of aryl methyl sites for hydroxylation is 2. The molecule has 1 saturated heterocycles. The number of piperidine rings is 1. The Hall–Kier alpha value is -1.95. The monoisotopic (exact) mass is 435 g/mol. The van der Waals surface area contributed by atoms with E-state index in [2.05, 4.69) is 63.8 Å². The van der Waals surface area contributed by atoms with Crippen molar-refractivity contribution in [3.8, 4) is 0 Å². The highest BCUT2D eigenvalue weighted by atomic mass is 15.2. The molecule has 1 aromatic heterocycles. The van der Waals surface area contributed by atoms with Crippen molar-refractivity contribution in [3.05, 3.63) is 58.9 Å². The number of benzene rings is 1. The molecule has 3 heterocycles. The molecule has 2 aliphatic heterocycles. The quantitative estimate of drug-likeness (QED) is 0.771. The molecule has 1 aliphatic carbocycles. The number of aromatic nitrogens is 1. The highest BCUT2D eigenvalue weighted by Gasteiger charge is 2.25. The summed E-state index contributed by atoms with van der Waals surface area (Å²) in [6, 6.07) is 12.3. The van der Waals surface area contributed by atoms with Crippen LogP contribution >= 0.6 is 0 Å². The van der Waals surface area contributed by atoms with Crippen LogP contribution in [-0.2, 0) is 25.8 Å². The van der Waals surface area contributed by atoms with Crippen molar-refractivity contribution in [2.24, 2.45) is 0 Å². The van der Waals surface area contributed by atoms with Crippen LogP contribution in [0.4, 0.5) is 5.69 Å². The van der Waals surface area contributed by atoms with Crippen LogP contribution in [0.25, 0.3) is 0 Å². The lowest BCUT2D eigenvalue weighted by Gasteiger charge is -2.39. The maximum absolute atomic E-state index is 4.32. The van der Waals surface area contributed by atoms with E-state index in [-0.39, 0.29) is 0 Å². The van der Waals surface area contributed by atoms with Crippen LogP contribution in [0.1, 0.15) is 48.1 Å². The van der Waals surface area contributed by atoms with Gasteiger partial charge in [-0.15, -0.1) is 0 Å². The topological polar surface area (TPSA) is 43.4 Å². The summed E-state index contributed by atoms with van der Waals surface area (Å²) in [5, 5.41) is 6.94. The molecule has 5 nitrogen and oxygen atoms in total. The lowest BCUT2D eigenvalue weighted by Crippen LogP contribution is -2.44. The molecule has 1 atom stereocenters. The smallest absolute Gasteiger partial charge is 0.0435 e. The third-order valence-corrected chi connectivity index (χ3v) is 7.44. The van der Waals surface area contributed by atoms with E-state index < -0.39 is 0 Å². The summed E-state index contributed by atoms with van der Waals surface area (Å²) >= 11 is 0. The molecule has 32 heavy (non-hydrogen) atoms. The van der Waals surface area contributed by atoms with Gasteiger partial charge in [0.05, 0.1) is 0 Å². The lowest BCUT2D eigenvalue weighted by atomic mass is 9.92. The number of pyridine rings is 1. The Morgan fingerprint density at radius 3 is 2.66 bits per heavy atom.